The lowest BCUT2D eigenvalue weighted by atomic mass is 9.98. The summed E-state index contributed by atoms with van der Waals surface area (Å²) in [5.74, 6) is -5.07. The third kappa shape index (κ3) is 9.91. The number of nitrogens with two attached hydrogens (primary N) is 2. The van der Waals surface area contributed by atoms with Crippen LogP contribution < -0.4 is 27.4 Å². The second kappa shape index (κ2) is 17.8. The molecule has 0 saturated carbocycles. The standard InChI is InChI=1S/C37H45N7O7/c1-3-4-16-31(44(2)37(51)30(41-32(45)20-38)18-24-21-40-27-15-8-7-14-26(24)27)36(50)43-29(19-33(46)47)35(49)42-28(34(39)48)17-23-12-9-11-22-10-5-6-13-25(22)23/h5-15,21,28-31,40H,3-4,16-20,38H2,1-2H3,(H2,39,48)(H,41,45)(H,42,49)(H,43,50)(H,46,47)/t28-,29-,30-,31-/m0/s1. The molecule has 3 aromatic carbocycles. The van der Waals surface area contributed by atoms with Gasteiger partial charge in [-0.05, 0) is 34.4 Å². The average Bonchev–Trinajstić information content (AvgIpc) is 3.52. The summed E-state index contributed by atoms with van der Waals surface area (Å²) in [5.41, 5.74) is 13.6. The lowest BCUT2D eigenvalue weighted by Crippen LogP contribution is -2.59. The molecule has 270 valence electrons. The Morgan fingerprint density at radius 2 is 1.45 bits per heavy atom. The van der Waals surface area contributed by atoms with E-state index in [0.29, 0.717) is 12.8 Å². The van der Waals surface area contributed by atoms with Gasteiger partial charge >= 0.3 is 5.97 Å². The van der Waals surface area contributed by atoms with Crippen LogP contribution >= 0.6 is 0 Å². The fourth-order valence-electron chi connectivity index (χ4n) is 6.11. The first kappa shape index (κ1) is 38.0. The number of fused-ring (bicyclic) bond motifs is 2. The number of likely N-dealkylation sites (N-methyl/N-ethyl adjacent to an activating group) is 1. The van der Waals surface area contributed by atoms with Gasteiger partial charge in [0, 0.05) is 37.0 Å². The van der Waals surface area contributed by atoms with Gasteiger partial charge in [-0.2, -0.15) is 0 Å². The van der Waals surface area contributed by atoms with E-state index in [9.17, 15) is 33.9 Å². The average molecular weight is 700 g/mol. The molecule has 0 fully saturated rings. The van der Waals surface area contributed by atoms with Crippen molar-refractivity contribution in [1.82, 2.24) is 25.8 Å². The first-order valence-electron chi connectivity index (χ1n) is 16.8. The number of H-pyrrole nitrogens is 1. The van der Waals surface area contributed by atoms with Crippen LogP contribution in [0.25, 0.3) is 21.7 Å². The number of para-hydroxylation sites is 1. The number of carbonyl (C=O) groups is 6. The van der Waals surface area contributed by atoms with Crippen molar-refractivity contribution in [3.05, 3.63) is 84.1 Å². The molecule has 1 aromatic heterocycles. The largest absolute Gasteiger partial charge is 0.481 e. The summed E-state index contributed by atoms with van der Waals surface area (Å²) in [4.78, 5) is 82.5. The quantitative estimate of drug-likeness (QED) is 0.0803. The van der Waals surface area contributed by atoms with Crippen molar-refractivity contribution >= 4 is 57.2 Å². The van der Waals surface area contributed by atoms with Gasteiger partial charge in [-0.25, -0.2) is 0 Å². The van der Waals surface area contributed by atoms with E-state index in [1.54, 1.807) is 12.3 Å². The Morgan fingerprint density at radius 1 is 0.804 bits per heavy atom. The van der Waals surface area contributed by atoms with Crippen LogP contribution in [0.2, 0.25) is 0 Å². The van der Waals surface area contributed by atoms with Gasteiger partial charge in [0.25, 0.3) is 0 Å². The molecule has 0 aliphatic carbocycles. The Balaban J connectivity index is 1.55. The van der Waals surface area contributed by atoms with Gasteiger partial charge in [0.1, 0.15) is 24.2 Å². The highest BCUT2D eigenvalue weighted by molar-refractivity contribution is 5.97. The molecule has 0 unspecified atom stereocenters. The third-order valence-electron chi connectivity index (χ3n) is 8.84. The normalized spacial score (nSPS) is 13.5. The number of aromatic amines is 1. The minimum atomic E-state index is -1.60. The van der Waals surface area contributed by atoms with E-state index in [2.05, 4.69) is 20.9 Å². The molecule has 4 aromatic rings. The summed E-state index contributed by atoms with van der Waals surface area (Å²) in [6.45, 7) is 1.54. The first-order valence-corrected chi connectivity index (χ1v) is 16.8. The Hall–Kier alpha value is -5.76. The molecule has 0 saturated heterocycles. The molecule has 9 N–H and O–H groups in total. The number of unbranched alkanes of at least 4 members (excludes halogenated alkanes) is 1. The van der Waals surface area contributed by atoms with E-state index in [1.165, 1.54) is 11.9 Å². The Morgan fingerprint density at radius 3 is 2.14 bits per heavy atom. The van der Waals surface area contributed by atoms with Gasteiger partial charge < -0.3 is 42.4 Å². The number of aliphatic carboxylic acids is 1. The van der Waals surface area contributed by atoms with E-state index in [-0.39, 0.29) is 25.8 Å². The first-order chi connectivity index (χ1) is 24.4. The number of aromatic nitrogens is 1. The number of carboxylic acid groups (broad SMARTS) is 1. The van der Waals surface area contributed by atoms with Gasteiger partial charge in [-0.1, -0.05) is 80.4 Å². The summed E-state index contributed by atoms with van der Waals surface area (Å²) < 4.78 is 0. The maximum absolute atomic E-state index is 14.0. The highest BCUT2D eigenvalue weighted by atomic mass is 16.4. The van der Waals surface area contributed by atoms with Crippen molar-refractivity contribution in [2.75, 3.05) is 13.6 Å². The minimum Gasteiger partial charge on any atom is -0.481 e. The summed E-state index contributed by atoms with van der Waals surface area (Å²) >= 11 is 0. The van der Waals surface area contributed by atoms with Crippen molar-refractivity contribution in [1.29, 1.82) is 0 Å². The fraction of sp³-hybridized carbons (Fsp3) is 0.351. The number of hydrogen-bond acceptors (Lipinski definition) is 7. The second-order valence-corrected chi connectivity index (χ2v) is 12.5. The number of rotatable bonds is 18. The predicted molar refractivity (Wildman–Crippen MR) is 192 cm³/mol. The van der Waals surface area contributed by atoms with Crippen molar-refractivity contribution in [3.8, 4) is 0 Å². The summed E-state index contributed by atoms with van der Waals surface area (Å²) in [6.07, 6.45) is 2.43. The molecule has 0 aliphatic heterocycles. The van der Waals surface area contributed by atoms with Gasteiger partial charge in [0.15, 0.2) is 0 Å². The molecule has 4 rings (SSSR count). The van der Waals surface area contributed by atoms with Crippen LogP contribution in [0.15, 0.2) is 72.9 Å². The van der Waals surface area contributed by atoms with Crippen LogP contribution in [-0.4, -0.2) is 88.3 Å². The minimum absolute atomic E-state index is 0.0267. The molecule has 51 heavy (non-hydrogen) atoms. The lowest BCUT2D eigenvalue weighted by molar-refractivity contribution is -0.144. The molecule has 1 heterocycles. The number of amides is 5. The number of hydrogen-bond donors (Lipinski definition) is 7. The number of benzene rings is 3. The SMILES string of the molecule is CCCC[C@@H](C(=O)N[C@@H](CC(=O)O)C(=O)N[C@@H](Cc1cccc2ccccc12)C(N)=O)N(C)C(=O)[C@H](Cc1c[nH]c2ccccc12)NC(=O)CN. The molecule has 0 aliphatic rings. The van der Waals surface area contributed by atoms with Crippen molar-refractivity contribution in [3.63, 3.8) is 0 Å². The van der Waals surface area contributed by atoms with E-state index in [0.717, 1.165) is 32.8 Å². The van der Waals surface area contributed by atoms with Gasteiger partial charge in [-0.15, -0.1) is 0 Å². The highest BCUT2D eigenvalue weighted by Crippen LogP contribution is 2.22. The summed E-state index contributed by atoms with van der Waals surface area (Å²) in [5, 5.41) is 20.0. The third-order valence-corrected chi connectivity index (χ3v) is 8.84. The number of nitrogens with one attached hydrogen (secondary N) is 4. The molecule has 0 radical (unpaired) electrons. The molecule has 0 bridgehead atoms. The smallest absolute Gasteiger partial charge is 0.305 e. The molecular formula is C37H45N7O7. The fourth-order valence-corrected chi connectivity index (χ4v) is 6.11. The lowest BCUT2D eigenvalue weighted by Gasteiger charge is -2.32. The molecule has 0 spiro atoms. The molecular weight excluding hydrogens is 654 g/mol. The van der Waals surface area contributed by atoms with Crippen molar-refractivity contribution in [2.45, 2.75) is 69.6 Å². The van der Waals surface area contributed by atoms with Crippen LogP contribution in [-0.2, 0) is 41.6 Å². The number of nitrogens with zero attached hydrogens (tertiary/aromatic N) is 1. The van der Waals surface area contributed by atoms with Crippen LogP contribution in [0.1, 0.15) is 43.7 Å². The maximum atomic E-state index is 14.0. The van der Waals surface area contributed by atoms with E-state index >= 15 is 0 Å². The van der Waals surface area contributed by atoms with Crippen LogP contribution in [0.5, 0.6) is 0 Å². The number of primary amides is 1. The van der Waals surface area contributed by atoms with Crippen LogP contribution in [0, 0.1) is 0 Å². The Bertz CT molecular complexity index is 1890. The van der Waals surface area contributed by atoms with E-state index in [1.807, 2.05) is 67.6 Å². The highest BCUT2D eigenvalue weighted by Gasteiger charge is 2.35. The molecule has 4 atom stereocenters. The molecule has 14 heteroatoms. The monoisotopic (exact) mass is 699 g/mol. The Labute approximate surface area is 295 Å². The van der Waals surface area contributed by atoms with Crippen LogP contribution in [0.3, 0.4) is 0 Å². The second-order valence-electron chi connectivity index (χ2n) is 12.5. The zero-order valence-electron chi connectivity index (χ0n) is 28.7. The van der Waals surface area contributed by atoms with Crippen LogP contribution in [0.4, 0.5) is 0 Å². The summed E-state index contributed by atoms with van der Waals surface area (Å²) in [7, 11) is 1.42. The number of carbonyl (C=O) groups excluding carboxylic acids is 5. The zero-order chi connectivity index (χ0) is 37.1. The van der Waals surface area contributed by atoms with Gasteiger partial charge in [0.2, 0.25) is 29.5 Å². The van der Waals surface area contributed by atoms with Gasteiger partial charge in [-0.3, -0.25) is 28.8 Å². The topological polar surface area (TPSA) is 230 Å². The van der Waals surface area contributed by atoms with Gasteiger partial charge in [0.05, 0.1) is 13.0 Å². The van der Waals surface area contributed by atoms with Crippen molar-refractivity contribution in [2.24, 2.45) is 11.5 Å². The summed E-state index contributed by atoms with van der Waals surface area (Å²) in [6, 6.07) is 15.4. The van der Waals surface area contributed by atoms with Crippen molar-refractivity contribution < 1.29 is 33.9 Å². The maximum Gasteiger partial charge on any atom is 0.305 e. The van der Waals surface area contributed by atoms with E-state index in [4.69, 9.17) is 11.5 Å². The molecule has 5 amide bonds. The van der Waals surface area contributed by atoms with E-state index < -0.39 is 66.1 Å². The predicted octanol–water partition coefficient (Wildman–Crippen LogP) is 1.50. The molecule has 14 nitrogen and oxygen atoms in total. The zero-order valence-corrected chi connectivity index (χ0v) is 28.7. The number of carboxylic acids is 1. The Kier molecular flexibility index (Phi) is 13.3.